The number of amides is 2. The first-order valence-electron chi connectivity index (χ1n) is 8.85. The number of aromatic nitrogens is 2. The first kappa shape index (κ1) is 16.8. The van der Waals surface area contributed by atoms with Crippen LogP contribution >= 0.6 is 0 Å². The second kappa shape index (κ2) is 7.68. The van der Waals surface area contributed by atoms with Gasteiger partial charge in [-0.3, -0.25) is 4.79 Å². The Hall–Kier alpha value is -2.05. The van der Waals surface area contributed by atoms with Gasteiger partial charge >= 0.3 is 6.09 Å². The van der Waals surface area contributed by atoms with Gasteiger partial charge in [-0.1, -0.05) is 19.3 Å². The molecule has 0 radical (unpaired) electrons. The highest BCUT2D eigenvalue weighted by molar-refractivity contribution is 5.82. The van der Waals surface area contributed by atoms with Gasteiger partial charge in [0.1, 0.15) is 12.4 Å². The maximum Gasteiger partial charge on any atom is 0.407 e. The highest BCUT2D eigenvalue weighted by atomic mass is 16.5. The molecule has 7 nitrogen and oxygen atoms in total. The summed E-state index contributed by atoms with van der Waals surface area (Å²) in [6, 6.07) is -0.0192. The van der Waals surface area contributed by atoms with E-state index in [1.54, 1.807) is 4.90 Å². The Morgan fingerprint density at radius 1 is 1.29 bits per heavy atom. The molecule has 1 aromatic heterocycles. The van der Waals surface area contributed by atoms with Gasteiger partial charge in [0.25, 0.3) is 0 Å². The van der Waals surface area contributed by atoms with Gasteiger partial charge in [-0.05, 0) is 25.7 Å². The molecule has 1 aromatic rings. The molecule has 0 aromatic carbocycles. The molecule has 0 spiro atoms. The average molecular weight is 334 g/mol. The Bertz CT molecular complexity index is 580. The van der Waals surface area contributed by atoms with Crippen molar-refractivity contribution in [3.63, 3.8) is 0 Å². The van der Waals surface area contributed by atoms with Crippen molar-refractivity contribution >= 4 is 12.0 Å². The number of carbonyl (C=O) groups excluding carboxylic acids is 2. The van der Waals surface area contributed by atoms with Crippen molar-refractivity contribution in [2.24, 2.45) is 0 Å². The highest BCUT2D eigenvalue weighted by Crippen LogP contribution is 2.34. The first-order chi connectivity index (χ1) is 11.7. The second-order valence-electron chi connectivity index (χ2n) is 6.65. The van der Waals surface area contributed by atoms with Crippen LogP contribution in [0.3, 0.4) is 0 Å². The summed E-state index contributed by atoms with van der Waals surface area (Å²) in [5.41, 5.74) is 1.21. The van der Waals surface area contributed by atoms with Gasteiger partial charge in [-0.25, -0.2) is 9.78 Å². The number of hydrogen-bond donors (Lipinski definition) is 2. The van der Waals surface area contributed by atoms with Crippen LogP contribution in [0, 0.1) is 0 Å². The van der Waals surface area contributed by atoms with Crippen LogP contribution in [0.15, 0.2) is 6.20 Å². The van der Waals surface area contributed by atoms with Crippen LogP contribution in [0.2, 0.25) is 0 Å². The number of likely N-dealkylation sites (tertiary alicyclic amines) is 1. The topological polar surface area (TPSA) is 87.3 Å². The van der Waals surface area contributed by atoms with Crippen molar-refractivity contribution in [1.82, 2.24) is 20.2 Å². The Kier molecular flexibility index (Phi) is 5.37. The number of ether oxygens (including phenoxy) is 1. The fourth-order valence-corrected chi connectivity index (χ4v) is 3.81. The molecule has 1 atom stereocenters. The lowest BCUT2D eigenvalue weighted by atomic mass is 9.87. The molecule has 1 aliphatic heterocycles. The van der Waals surface area contributed by atoms with Crippen molar-refractivity contribution in [2.45, 2.75) is 56.9 Å². The molecule has 2 heterocycles. The van der Waals surface area contributed by atoms with E-state index in [1.807, 2.05) is 6.20 Å². The van der Waals surface area contributed by atoms with E-state index in [0.717, 1.165) is 18.7 Å². The predicted octanol–water partition coefficient (Wildman–Crippen LogP) is 2.48. The summed E-state index contributed by atoms with van der Waals surface area (Å²) in [5, 5.41) is 2.45. The van der Waals surface area contributed by atoms with Crippen molar-refractivity contribution in [1.29, 1.82) is 0 Å². The van der Waals surface area contributed by atoms with Crippen molar-refractivity contribution < 1.29 is 14.3 Å². The second-order valence-corrected chi connectivity index (χ2v) is 6.65. The number of carbonyl (C=O) groups is 2. The molecule has 2 N–H and O–H groups in total. The van der Waals surface area contributed by atoms with Crippen LogP contribution in [0.25, 0.3) is 0 Å². The molecule has 1 unspecified atom stereocenters. The molecule has 1 saturated heterocycles. The van der Waals surface area contributed by atoms with Crippen molar-refractivity contribution in [2.75, 3.05) is 20.2 Å². The zero-order valence-electron chi connectivity index (χ0n) is 14.2. The van der Waals surface area contributed by atoms with Crippen LogP contribution in [-0.2, 0) is 9.53 Å². The van der Waals surface area contributed by atoms with E-state index < -0.39 is 6.09 Å². The lowest BCUT2D eigenvalue weighted by molar-refractivity contribution is -0.131. The molecular formula is C17H26N4O3. The van der Waals surface area contributed by atoms with Gasteiger partial charge in [0.05, 0.1) is 13.2 Å². The monoisotopic (exact) mass is 334 g/mol. The molecule has 2 fully saturated rings. The van der Waals surface area contributed by atoms with Crippen LogP contribution in [0.5, 0.6) is 0 Å². The maximum absolute atomic E-state index is 12.4. The van der Waals surface area contributed by atoms with Gasteiger partial charge < -0.3 is 19.9 Å². The fraction of sp³-hybridized carbons (Fsp3) is 0.706. The van der Waals surface area contributed by atoms with E-state index in [-0.39, 0.29) is 18.5 Å². The molecule has 0 bridgehead atoms. The Morgan fingerprint density at radius 2 is 2.08 bits per heavy atom. The molecule has 1 saturated carbocycles. The van der Waals surface area contributed by atoms with Crippen LogP contribution in [0.4, 0.5) is 4.79 Å². The Morgan fingerprint density at radius 3 is 2.83 bits per heavy atom. The summed E-state index contributed by atoms with van der Waals surface area (Å²) in [6.45, 7) is 0.658. The highest BCUT2D eigenvalue weighted by Gasteiger charge is 2.32. The molecule has 132 valence electrons. The van der Waals surface area contributed by atoms with E-state index in [0.29, 0.717) is 12.5 Å². The van der Waals surface area contributed by atoms with Crippen molar-refractivity contribution in [3.05, 3.63) is 17.7 Å². The number of aromatic amines is 1. The largest absolute Gasteiger partial charge is 0.453 e. The van der Waals surface area contributed by atoms with Crippen LogP contribution in [0.1, 0.15) is 68.4 Å². The molecule has 2 aliphatic rings. The number of H-pyrrole nitrogens is 1. The standard InChI is InChI=1S/C17H26N4O3/c1-24-17(23)19-11-15(22)21-9-5-8-14(21)16-18-10-13(20-16)12-6-3-2-4-7-12/h10,12,14H,2-9,11H2,1H3,(H,18,20)(H,19,23). The van der Waals surface area contributed by atoms with Gasteiger partial charge in [0.15, 0.2) is 0 Å². The van der Waals surface area contributed by atoms with E-state index in [1.165, 1.54) is 44.9 Å². The molecule has 2 amide bonds. The van der Waals surface area contributed by atoms with Gasteiger partial charge in [0, 0.05) is 24.4 Å². The van der Waals surface area contributed by atoms with Crippen LogP contribution in [-0.4, -0.2) is 47.1 Å². The third-order valence-corrected chi connectivity index (χ3v) is 5.12. The number of rotatable bonds is 4. The fourth-order valence-electron chi connectivity index (χ4n) is 3.81. The number of alkyl carbamates (subject to hydrolysis) is 1. The summed E-state index contributed by atoms with van der Waals surface area (Å²) in [6.07, 6.45) is 9.55. The van der Waals surface area contributed by atoms with E-state index >= 15 is 0 Å². The van der Waals surface area contributed by atoms with Gasteiger partial charge in [-0.15, -0.1) is 0 Å². The van der Waals surface area contributed by atoms with E-state index in [9.17, 15) is 9.59 Å². The Balaban J connectivity index is 1.63. The molecule has 7 heteroatoms. The van der Waals surface area contributed by atoms with Crippen LogP contribution < -0.4 is 5.32 Å². The summed E-state index contributed by atoms with van der Waals surface area (Å²) >= 11 is 0. The number of nitrogens with zero attached hydrogens (tertiary/aromatic N) is 2. The lowest BCUT2D eigenvalue weighted by Gasteiger charge is -2.24. The zero-order valence-corrected chi connectivity index (χ0v) is 14.2. The molecular weight excluding hydrogens is 308 g/mol. The zero-order chi connectivity index (χ0) is 16.9. The van der Waals surface area contributed by atoms with Gasteiger partial charge in [0.2, 0.25) is 5.91 Å². The third-order valence-electron chi connectivity index (χ3n) is 5.12. The summed E-state index contributed by atoms with van der Waals surface area (Å²) in [5.74, 6) is 1.35. The summed E-state index contributed by atoms with van der Waals surface area (Å²) < 4.78 is 4.51. The Labute approximate surface area is 142 Å². The minimum atomic E-state index is -0.586. The minimum Gasteiger partial charge on any atom is -0.453 e. The normalized spacial score (nSPS) is 21.7. The smallest absolute Gasteiger partial charge is 0.407 e. The SMILES string of the molecule is COC(=O)NCC(=O)N1CCCC1c1ncc(C2CCCCC2)[nH]1. The molecule has 3 rings (SSSR count). The molecule has 24 heavy (non-hydrogen) atoms. The minimum absolute atomic E-state index is 0.0192. The average Bonchev–Trinajstić information content (AvgIpc) is 3.28. The third kappa shape index (κ3) is 3.71. The summed E-state index contributed by atoms with van der Waals surface area (Å²) in [7, 11) is 1.29. The van der Waals surface area contributed by atoms with E-state index in [4.69, 9.17) is 0 Å². The predicted molar refractivity (Wildman–Crippen MR) is 88.5 cm³/mol. The first-order valence-corrected chi connectivity index (χ1v) is 8.85. The molecule has 1 aliphatic carbocycles. The van der Waals surface area contributed by atoms with E-state index in [2.05, 4.69) is 20.0 Å². The van der Waals surface area contributed by atoms with Gasteiger partial charge in [-0.2, -0.15) is 0 Å². The summed E-state index contributed by atoms with van der Waals surface area (Å²) in [4.78, 5) is 33.3. The quantitative estimate of drug-likeness (QED) is 0.885. The lowest BCUT2D eigenvalue weighted by Crippen LogP contribution is -2.40. The number of nitrogens with one attached hydrogen (secondary N) is 2. The maximum atomic E-state index is 12.4. The number of hydrogen-bond acceptors (Lipinski definition) is 4. The van der Waals surface area contributed by atoms with Crippen molar-refractivity contribution in [3.8, 4) is 0 Å². The number of imidazole rings is 1. The number of methoxy groups -OCH3 is 1.